The van der Waals surface area contributed by atoms with Crippen LogP contribution in [0.1, 0.15) is 23.1 Å². The predicted octanol–water partition coefficient (Wildman–Crippen LogP) is 3.76. The van der Waals surface area contributed by atoms with E-state index >= 15 is 0 Å². The number of amides is 1. The molecule has 7 heteroatoms. The van der Waals surface area contributed by atoms with Crippen molar-refractivity contribution < 1.29 is 23.4 Å². The van der Waals surface area contributed by atoms with E-state index in [1.165, 1.54) is 12.1 Å². The van der Waals surface area contributed by atoms with E-state index in [1.54, 1.807) is 6.07 Å². The molecule has 0 saturated carbocycles. The number of carbonyl (C=O) groups is 1. The van der Waals surface area contributed by atoms with Crippen molar-refractivity contribution in [2.45, 2.75) is 18.4 Å². The van der Waals surface area contributed by atoms with Gasteiger partial charge in [-0.3, -0.25) is 4.79 Å². The molecule has 3 aliphatic rings. The van der Waals surface area contributed by atoms with Gasteiger partial charge in [0.1, 0.15) is 23.6 Å². The van der Waals surface area contributed by atoms with Crippen LogP contribution in [-0.4, -0.2) is 32.4 Å². The number of nitrogens with one attached hydrogen (secondary N) is 1. The molecule has 3 aromatic rings. The summed E-state index contributed by atoms with van der Waals surface area (Å²) in [6.07, 6.45) is 0.764. The van der Waals surface area contributed by atoms with Crippen LogP contribution >= 0.6 is 0 Å². The third kappa shape index (κ3) is 3.15. The highest BCUT2D eigenvalue weighted by molar-refractivity contribution is 6.11. The number of para-hydroxylation sites is 1. The van der Waals surface area contributed by atoms with Gasteiger partial charge < -0.3 is 24.4 Å². The number of rotatable bonds is 6. The normalized spacial score (nSPS) is 19.7. The highest BCUT2D eigenvalue weighted by Crippen LogP contribution is 2.54. The molecule has 0 radical (unpaired) electrons. The first-order valence-corrected chi connectivity index (χ1v) is 11.1. The van der Waals surface area contributed by atoms with Crippen molar-refractivity contribution in [2.24, 2.45) is 0 Å². The second-order valence-corrected chi connectivity index (χ2v) is 8.53. The Kier molecular flexibility index (Phi) is 4.73. The fraction of sp³-hybridized carbons (Fsp3) is 0.269. The molecule has 6 nitrogen and oxygen atoms in total. The summed E-state index contributed by atoms with van der Waals surface area (Å²) in [5, 5.41) is 3.34. The van der Waals surface area contributed by atoms with Crippen LogP contribution in [0.15, 0.2) is 60.7 Å². The van der Waals surface area contributed by atoms with Crippen LogP contribution in [0.2, 0.25) is 0 Å². The Morgan fingerprint density at radius 3 is 2.67 bits per heavy atom. The second kappa shape index (κ2) is 7.78. The van der Waals surface area contributed by atoms with Crippen molar-refractivity contribution >= 4 is 11.6 Å². The first kappa shape index (κ1) is 20.1. The van der Waals surface area contributed by atoms with Crippen LogP contribution in [0.25, 0.3) is 0 Å². The fourth-order valence-corrected chi connectivity index (χ4v) is 5.03. The molecule has 1 spiro atoms. The van der Waals surface area contributed by atoms with Crippen molar-refractivity contribution in [3.63, 3.8) is 0 Å². The summed E-state index contributed by atoms with van der Waals surface area (Å²) in [7, 11) is 0. The second-order valence-electron chi connectivity index (χ2n) is 8.53. The van der Waals surface area contributed by atoms with Crippen LogP contribution in [0.5, 0.6) is 17.2 Å². The van der Waals surface area contributed by atoms with E-state index in [4.69, 9.17) is 14.2 Å². The predicted molar refractivity (Wildman–Crippen MR) is 120 cm³/mol. The van der Waals surface area contributed by atoms with Gasteiger partial charge in [-0.25, -0.2) is 4.39 Å². The molecule has 3 aromatic carbocycles. The van der Waals surface area contributed by atoms with Crippen LogP contribution < -0.4 is 24.4 Å². The minimum absolute atomic E-state index is 0.0199. The van der Waals surface area contributed by atoms with Gasteiger partial charge in [-0.05, 0) is 48.4 Å². The van der Waals surface area contributed by atoms with E-state index in [0.29, 0.717) is 36.9 Å². The van der Waals surface area contributed by atoms with E-state index in [2.05, 4.69) is 5.32 Å². The lowest BCUT2D eigenvalue weighted by Crippen LogP contribution is -2.43. The highest BCUT2D eigenvalue weighted by atomic mass is 19.1. The van der Waals surface area contributed by atoms with Gasteiger partial charge in [-0.15, -0.1) is 0 Å². The molecule has 0 bridgehead atoms. The summed E-state index contributed by atoms with van der Waals surface area (Å²) in [5.41, 5.74) is 2.73. The number of carbonyl (C=O) groups excluding carboxylic acids is 1. The van der Waals surface area contributed by atoms with Crippen LogP contribution in [0.4, 0.5) is 10.1 Å². The van der Waals surface area contributed by atoms with Gasteiger partial charge in [0.25, 0.3) is 0 Å². The maximum absolute atomic E-state index is 13.9. The summed E-state index contributed by atoms with van der Waals surface area (Å²) >= 11 is 0. The summed E-state index contributed by atoms with van der Waals surface area (Å²) in [4.78, 5) is 15.7. The lowest BCUT2D eigenvalue weighted by Gasteiger charge is -2.23. The Morgan fingerprint density at radius 1 is 0.939 bits per heavy atom. The number of anilines is 1. The molecule has 0 saturated heterocycles. The minimum Gasteiger partial charge on any atom is -0.491 e. The van der Waals surface area contributed by atoms with Crippen molar-refractivity contribution in [1.82, 2.24) is 5.32 Å². The van der Waals surface area contributed by atoms with E-state index < -0.39 is 5.41 Å². The molecular weight excluding hydrogens is 423 g/mol. The molecule has 1 unspecified atom stereocenters. The van der Waals surface area contributed by atoms with Crippen molar-refractivity contribution in [2.75, 3.05) is 31.4 Å². The fourth-order valence-electron chi connectivity index (χ4n) is 5.03. The van der Waals surface area contributed by atoms with E-state index in [-0.39, 0.29) is 25.1 Å². The van der Waals surface area contributed by atoms with Crippen LogP contribution in [0, 0.1) is 5.82 Å². The Bertz CT molecular complexity index is 1250. The Morgan fingerprint density at radius 2 is 1.79 bits per heavy atom. The molecule has 0 aromatic heterocycles. The van der Waals surface area contributed by atoms with Crippen molar-refractivity contribution in [3.8, 4) is 17.2 Å². The zero-order valence-electron chi connectivity index (χ0n) is 18.0. The van der Waals surface area contributed by atoms with E-state index in [9.17, 15) is 9.18 Å². The van der Waals surface area contributed by atoms with E-state index in [1.807, 2.05) is 47.4 Å². The van der Waals surface area contributed by atoms with Crippen molar-refractivity contribution in [3.05, 3.63) is 83.2 Å². The molecule has 6 rings (SSSR count). The number of fused-ring (bicyclic) bond motifs is 5. The minimum atomic E-state index is -0.873. The maximum Gasteiger partial charge on any atom is 0.245 e. The van der Waals surface area contributed by atoms with Crippen LogP contribution in [-0.2, 0) is 16.8 Å². The summed E-state index contributed by atoms with van der Waals surface area (Å²) < 4.78 is 30.4. The Labute approximate surface area is 190 Å². The first-order valence-electron chi connectivity index (χ1n) is 11.1. The van der Waals surface area contributed by atoms with Crippen LogP contribution in [0.3, 0.4) is 0 Å². The number of benzene rings is 3. The lowest BCUT2D eigenvalue weighted by atomic mass is 9.77. The van der Waals surface area contributed by atoms with Gasteiger partial charge in [0.15, 0.2) is 11.5 Å². The average molecular weight is 446 g/mol. The molecular formula is C26H23FN2O4. The number of hydrogen-bond acceptors (Lipinski definition) is 5. The van der Waals surface area contributed by atoms with Crippen molar-refractivity contribution in [1.29, 1.82) is 0 Å². The molecule has 1 N–H and O–H groups in total. The van der Waals surface area contributed by atoms with Gasteiger partial charge in [0.2, 0.25) is 12.7 Å². The molecule has 1 atom stereocenters. The van der Waals surface area contributed by atoms with E-state index in [0.717, 1.165) is 28.8 Å². The molecule has 168 valence electrons. The smallest absolute Gasteiger partial charge is 0.245 e. The zero-order valence-corrected chi connectivity index (χ0v) is 18.0. The third-order valence-corrected chi connectivity index (χ3v) is 6.60. The topological polar surface area (TPSA) is 60.0 Å². The highest BCUT2D eigenvalue weighted by Gasteiger charge is 2.57. The van der Waals surface area contributed by atoms with Gasteiger partial charge >= 0.3 is 0 Å². The summed E-state index contributed by atoms with van der Waals surface area (Å²) in [6.45, 7) is 2.30. The number of halogens is 1. The van der Waals surface area contributed by atoms with Gasteiger partial charge in [0.05, 0.1) is 0 Å². The molecule has 3 aliphatic heterocycles. The largest absolute Gasteiger partial charge is 0.491 e. The monoisotopic (exact) mass is 446 g/mol. The zero-order chi connectivity index (χ0) is 22.4. The Balaban J connectivity index is 1.21. The summed E-state index contributed by atoms with van der Waals surface area (Å²) in [5.74, 6) is 1.74. The molecule has 33 heavy (non-hydrogen) atoms. The Hall–Kier alpha value is -3.58. The number of ether oxygens (including phenoxy) is 3. The SMILES string of the molecule is O=C1N(CCCNCc2cccc(F)c2)c2ccccc2C12COc1cc3c(cc12)OCO3. The molecule has 3 heterocycles. The molecule has 0 aliphatic carbocycles. The van der Waals surface area contributed by atoms with Gasteiger partial charge in [-0.2, -0.15) is 0 Å². The first-order chi connectivity index (χ1) is 16.2. The lowest BCUT2D eigenvalue weighted by molar-refractivity contribution is -0.122. The average Bonchev–Trinajstić information content (AvgIpc) is 3.50. The summed E-state index contributed by atoms with van der Waals surface area (Å²) in [6, 6.07) is 18.2. The number of nitrogens with zero attached hydrogens (tertiary/aromatic N) is 1. The molecule has 0 fully saturated rings. The van der Waals surface area contributed by atoms with Gasteiger partial charge in [-0.1, -0.05) is 30.3 Å². The standard InChI is InChI=1S/C26H23FN2O4/c27-18-6-3-5-17(11-18)14-28-9-4-10-29-21-8-2-1-7-19(21)26(25(29)30)15-31-22-13-24-23(12-20(22)26)32-16-33-24/h1-3,5-8,11-13,28H,4,9-10,14-16H2. The van der Waals surface area contributed by atoms with Gasteiger partial charge in [0, 0.05) is 30.4 Å². The number of hydrogen-bond donors (Lipinski definition) is 1. The quantitative estimate of drug-likeness (QED) is 0.585. The molecule has 1 amide bonds. The third-order valence-electron chi connectivity index (χ3n) is 6.60. The maximum atomic E-state index is 13.9.